The highest BCUT2D eigenvalue weighted by molar-refractivity contribution is 7.14. The molecular weight excluding hydrogens is 364 g/mol. The molecule has 0 fully saturated rings. The van der Waals surface area contributed by atoms with Crippen LogP contribution >= 0.6 is 11.3 Å². The van der Waals surface area contributed by atoms with Crippen molar-refractivity contribution < 1.29 is 4.74 Å². The minimum atomic E-state index is 0.538. The minimum absolute atomic E-state index is 0.538. The largest absolute Gasteiger partial charge is 0.383 e. The van der Waals surface area contributed by atoms with Crippen molar-refractivity contribution in [2.24, 2.45) is 4.99 Å². The van der Waals surface area contributed by atoms with Gasteiger partial charge in [-0.15, -0.1) is 16.4 Å². The van der Waals surface area contributed by atoms with Crippen LogP contribution < -0.4 is 0 Å². The SMILES string of the molecule is COCCn1cc(-c2cnc3nnn(Cc4cc5c(s4)C=NC5)c3n2)cn1. The van der Waals surface area contributed by atoms with Crippen molar-refractivity contribution in [1.29, 1.82) is 0 Å². The maximum atomic E-state index is 5.09. The van der Waals surface area contributed by atoms with Gasteiger partial charge >= 0.3 is 0 Å². The third-order valence-corrected chi connectivity index (χ3v) is 5.45. The van der Waals surface area contributed by atoms with Gasteiger partial charge in [0.25, 0.3) is 0 Å². The van der Waals surface area contributed by atoms with Crippen LogP contribution in [0.2, 0.25) is 0 Å². The molecule has 1 aliphatic rings. The number of hydrogen-bond acceptors (Lipinski definition) is 8. The Morgan fingerprint density at radius 2 is 2.26 bits per heavy atom. The van der Waals surface area contributed by atoms with Crippen LogP contribution in [0.1, 0.15) is 15.3 Å². The smallest absolute Gasteiger partial charge is 0.221 e. The summed E-state index contributed by atoms with van der Waals surface area (Å²) in [4.78, 5) is 15.8. The van der Waals surface area contributed by atoms with Crippen LogP contribution in [0, 0.1) is 0 Å². The van der Waals surface area contributed by atoms with Gasteiger partial charge in [0.1, 0.15) is 0 Å². The first-order valence-corrected chi connectivity index (χ1v) is 9.31. The normalized spacial score (nSPS) is 12.9. The Balaban J connectivity index is 1.45. The van der Waals surface area contributed by atoms with E-state index in [1.807, 2.05) is 17.1 Å². The van der Waals surface area contributed by atoms with E-state index in [0.29, 0.717) is 31.0 Å². The molecule has 4 aromatic heterocycles. The summed E-state index contributed by atoms with van der Waals surface area (Å²) in [5.41, 5.74) is 4.13. The van der Waals surface area contributed by atoms with Crippen molar-refractivity contribution in [1.82, 2.24) is 34.7 Å². The zero-order valence-electron chi connectivity index (χ0n) is 14.6. The fourth-order valence-electron chi connectivity index (χ4n) is 2.99. The number of rotatable bonds is 6. The van der Waals surface area contributed by atoms with E-state index < -0.39 is 0 Å². The summed E-state index contributed by atoms with van der Waals surface area (Å²) >= 11 is 1.73. The number of hydrogen-bond donors (Lipinski definition) is 0. The second-order valence-electron chi connectivity index (χ2n) is 6.21. The van der Waals surface area contributed by atoms with Crippen LogP contribution in [-0.2, 0) is 24.4 Å². The lowest BCUT2D eigenvalue weighted by molar-refractivity contribution is 0.183. The standard InChI is InChI=1S/C17H16N8OS/c1-26-3-2-24-9-12(6-20-24)14-7-19-16-17(21-14)25(23-22-16)10-13-4-11-5-18-8-15(11)27-13/h4,6-9H,2-3,5,10H2,1H3. The Morgan fingerprint density at radius 3 is 3.15 bits per heavy atom. The average molecular weight is 380 g/mol. The molecule has 9 nitrogen and oxygen atoms in total. The van der Waals surface area contributed by atoms with E-state index in [9.17, 15) is 0 Å². The van der Waals surface area contributed by atoms with Crippen molar-refractivity contribution in [2.45, 2.75) is 19.6 Å². The molecule has 4 aromatic rings. The molecule has 0 aliphatic carbocycles. The van der Waals surface area contributed by atoms with Crippen molar-refractivity contribution in [2.75, 3.05) is 13.7 Å². The fraction of sp³-hybridized carbons (Fsp3) is 0.294. The number of fused-ring (bicyclic) bond motifs is 2. The summed E-state index contributed by atoms with van der Waals surface area (Å²) in [6, 6.07) is 2.18. The van der Waals surface area contributed by atoms with Crippen molar-refractivity contribution >= 4 is 28.8 Å². The van der Waals surface area contributed by atoms with Crippen molar-refractivity contribution in [3.05, 3.63) is 40.0 Å². The Labute approximate surface area is 158 Å². The van der Waals surface area contributed by atoms with Crippen LogP contribution in [0.3, 0.4) is 0 Å². The highest BCUT2D eigenvalue weighted by Crippen LogP contribution is 2.26. The molecule has 5 rings (SSSR count). The highest BCUT2D eigenvalue weighted by atomic mass is 32.1. The Kier molecular flexibility index (Phi) is 3.98. The van der Waals surface area contributed by atoms with Crippen LogP contribution in [0.25, 0.3) is 22.6 Å². The fourth-order valence-corrected chi connectivity index (χ4v) is 4.04. The van der Waals surface area contributed by atoms with Crippen LogP contribution in [-0.4, -0.2) is 54.7 Å². The molecule has 0 aromatic carbocycles. The molecule has 0 radical (unpaired) electrons. The first-order valence-electron chi connectivity index (χ1n) is 8.49. The maximum Gasteiger partial charge on any atom is 0.221 e. The van der Waals surface area contributed by atoms with Gasteiger partial charge in [-0.2, -0.15) is 5.10 Å². The molecule has 27 heavy (non-hydrogen) atoms. The zero-order chi connectivity index (χ0) is 18.2. The molecule has 0 saturated heterocycles. The number of aliphatic imine (C=N–C) groups is 1. The minimum Gasteiger partial charge on any atom is -0.383 e. The van der Waals surface area contributed by atoms with E-state index in [4.69, 9.17) is 9.72 Å². The van der Waals surface area contributed by atoms with Gasteiger partial charge in [-0.25, -0.2) is 14.6 Å². The maximum absolute atomic E-state index is 5.09. The molecule has 5 heterocycles. The number of methoxy groups -OCH3 is 1. The van der Waals surface area contributed by atoms with Crippen LogP contribution in [0.15, 0.2) is 29.6 Å². The predicted molar refractivity (Wildman–Crippen MR) is 101 cm³/mol. The van der Waals surface area contributed by atoms with Gasteiger partial charge in [-0.3, -0.25) is 9.67 Å². The molecule has 0 N–H and O–H groups in total. The third kappa shape index (κ3) is 3.02. The number of thiophene rings is 1. The lowest BCUT2D eigenvalue weighted by Crippen LogP contribution is -2.04. The molecule has 0 unspecified atom stereocenters. The molecule has 0 amide bonds. The Morgan fingerprint density at radius 1 is 1.30 bits per heavy atom. The molecule has 0 saturated carbocycles. The molecule has 0 bridgehead atoms. The van der Waals surface area contributed by atoms with Gasteiger partial charge in [-0.05, 0) is 11.6 Å². The van der Waals surface area contributed by atoms with Gasteiger partial charge in [0.05, 0.1) is 49.2 Å². The first-order chi connectivity index (χ1) is 13.3. The summed E-state index contributed by atoms with van der Waals surface area (Å²) in [6.45, 7) is 2.68. The Bertz CT molecular complexity index is 1140. The van der Waals surface area contributed by atoms with E-state index in [-0.39, 0.29) is 0 Å². The lowest BCUT2D eigenvalue weighted by atomic mass is 10.2. The first kappa shape index (κ1) is 16.2. The summed E-state index contributed by atoms with van der Waals surface area (Å²) in [5, 5.41) is 12.7. The van der Waals surface area contributed by atoms with Crippen molar-refractivity contribution in [3.63, 3.8) is 0 Å². The molecule has 0 atom stereocenters. The van der Waals surface area contributed by atoms with E-state index in [0.717, 1.165) is 17.8 Å². The second kappa shape index (κ2) is 6.63. The molecule has 1 aliphatic heterocycles. The third-order valence-electron chi connectivity index (χ3n) is 4.35. The van der Waals surface area contributed by atoms with Gasteiger partial charge < -0.3 is 4.74 Å². The summed E-state index contributed by atoms with van der Waals surface area (Å²) in [5.74, 6) is 0. The summed E-state index contributed by atoms with van der Waals surface area (Å²) in [7, 11) is 1.67. The monoisotopic (exact) mass is 380 g/mol. The second-order valence-corrected chi connectivity index (χ2v) is 7.37. The number of aromatic nitrogens is 7. The van der Waals surface area contributed by atoms with E-state index in [1.54, 1.807) is 35.5 Å². The lowest BCUT2D eigenvalue weighted by Gasteiger charge is -2.01. The predicted octanol–water partition coefficient (Wildman–Crippen LogP) is 1.77. The summed E-state index contributed by atoms with van der Waals surface area (Å²) in [6.07, 6.45) is 7.35. The quantitative estimate of drug-likeness (QED) is 0.506. The molecular formula is C17H16N8OS. The van der Waals surface area contributed by atoms with Crippen molar-refractivity contribution in [3.8, 4) is 11.3 Å². The van der Waals surface area contributed by atoms with E-state index in [2.05, 4.69) is 31.5 Å². The van der Waals surface area contributed by atoms with Gasteiger partial charge in [-0.1, -0.05) is 5.21 Å². The van der Waals surface area contributed by atoms with Crippen LogP contribution in [0.5, 0.6) is 0 Å². The highest BCUT2D eigenvalue weighted by Gasteiger charge is 2.15. The Hall–Kier alpha value is -2.98. The molecule has 0 spiro atoms. The topological polar surface area (TPSA) is 95.9 Å². The average Bonchev–Trinajstić information content (AvgIpc) is 3.44. The van der Waals surface area contributed by atoms with Crippen LogP contribution in [0.4, 0.5) is 0 Å². The van der Waals surface area contributed by atoms with Gasteiger partial charge in [0.15, 0.2) is 5.65 Å². The molecule has 136 valence electrons. The van der Waals surface area contributed by atoms with Gasteiger partial charge in [0, 0.05) is 30.0 Å². The summed E-state index contributed by atoms with van der Waals surface area (Å²) < 4.78 is 8.71. The van der Waals surface area contributed by atoms with E-state index in [1.165, 1.54) is 15.3 Å². The van der Waals surface area contributed by atoms with Gasteiger partial charge in [0.2, 0.25) is 5.65 Å². The number of nitrogens with zero attached hydrogens (tertiary/aromatic N) is 8. The number of ether oxygens (including phenoxy) is 1. The molecule has 10 heteroatoms. The zero-order valence-corrected chi connectivity index (χ0v) is 15.4. The van der Waals surface area contributed by atoms with E-state index >= 15 is 0 Å².